The lowest BCUT2D eigenvalue weighted by Crippen LogP contribution is -2.35. The van der Waals surface area contributed by atoms with Crippen LogP contribution in [0.2, 0.25) is 0 Å². The van der Waals surface area contributed by atoms with Gasteiger partial charge in [-0.15, -0.1) is 0 Å². The Morgan fingerprint density at radius 3 is 2.32 bits per heavy atom. The molecule has 2 amide bonds. The number of imide groups is 1. The quantitative estimate of drug-likeness (QED) is 0.604. The molecule has 0 radical (unpaired) electrons. The minimum Gasteiger partial charge on any atom is -0.481 e. The van der Waals surface area contributed by atoms with Gasteiger partial charge in [0.05, 0.1) is 17.8 Å². The van der Waals surface area contributed by atoms with Crippen LogP contribution in [-0.4, -0.2) is 34.3 Å². The van der Waals surface area contributed by atoms with E-state index in [4.69, 9.17) is 5.11 Å². The number of allylic oxidation sites excluding steroid dienone is 2. The molecule has 1 saturated carbocycles. The molecule has 0 aromatic heterocycles. The summed E-state index contributed by atoms with van der Waals surface area (Å²) in [6.45, 7) is 1.83. The van der Waals surface area contributed by atoms with E-state index in [1.165, 1.54) is 4.90 Å². The molecule has 1 heterocycles. The summed E-state index contributed by atoms with van der Waals surface area (Å²) in [7, 11) is 0. The van der Waals surface area contributed by atoms with Crippen LogP contribution in [-0.2, 0) is 14.4 Å². The summed E-state index contributed by atoms with van der Waals surface area (Å²) in [6.07, 6.45) is 5.36. The maximum absolute atomic E-state index is 12.3. The number of rotatable bonds is 4. The van der Waals surface area contributed by atoms with E-state index in [9.17, 15) is 14.4 Å². The Morgan fingerprint density at radius 1 is 1.32 bits per heavy atom. The first kappa shape index (κ1) is 12.4. The van der Waals surface area contributed by atoms with Crippen LogP contribution < -0.4 is 0 Å². The fraction of sp³-hybridized carbons (Fsp3) is 0.643. The first-order valence-electron chi connectivity index (χ1n) is 6.77. The van der Waals surface area contributed by atoms with Crippen molar-refractivity contribution in [3.8, 4) is 0 Å². The lowest BCUT2D eigenvalue weighted by Gasteiger charge is -2.18. The second kappa shape index (κ2) is 4.18. The Kier molecular flexibility index (Phi) is 2.73. The number of carboxylic acid groups (broad SMARTS) is 1. The van der Waals surface area contributed by atoms with E-state index >= 15 is 0 Å². The zero-order valence-corrected chi connectivity index (χ0v) is 10.8. The molecule has 1 saturated heterocycles. The van der Waals surface area contributed by atoms with E-state index in [0.717, 1.165) is 6.42 Å². The first-order chi connectivity index (χ1) is 9.00. The number of carboxylic acids is 1. The molecule has 0 spiro atoms. The van der Waals surface area contributed by atoms with Gasteiger partial charge in [0, 0.05) is 6.54 Å². The van der Waals surface area contributed by atoms with Gasteiger partial charge in [-0.3, -0.25) is 19.3 Å². The van der Waals surface area contributed by atoms with Crippen LogP contribution >= 0.6 is 0 Å². The topological polar surface area (TPSA) is 74.7 Å². The Labute approximate surface area is 111 Å². The molecule has 5 nitrogen and oxygen atoms in total. The van der Waals surface area contributed by atoms with Crippen molar-refractivity contribution < 1.29 is 19.5 Å². The molecule has 2 aliphatic carbocycles. The van der Waals surface area contributed by atoms with Crippen molar-refractivity contribution >= 4 is 17.8 Å². The van der Waals surface area contributed by atoms with Crippen molar-refractivity contribution in [3.63, 3.8) is 0 Å². The average molecular weight is 263 g/mol. The normalized spacial score (nSPS) is 37.0. The maximum Gasteiger partial charge on any atom is 0.306 e. The van der Waals surface area contributed by atoms with Gasteiger partial charge in [0.25, 0.3) is 0 Å². The largest absolute Gasteiger partial charge is 0.481 e. The predicted molar refractivity (Wildman–Crippen MR) is 65.9 cm³/mol. The smallest absolute Gasteiger partial charge is 0.306 e. The van der Waals surface area contributed by atoms with Crippen LogP contribution in [0.1, 0.15) is 19.8 Å². The number of aliphatic carboxylic acids is 1. The number of fused-ring (bicyclic) bond motifs is 5. The summed E-state index contributed by atoms with van der Waals surface area (Å²) in [5.74, 6) is -1.53. The summed E-state index contributed by atoms with van der Waals surface area (Å²) in [5, 5.41) is 8.84. The summed E-state index contributed by atoms with van der Waals surface area (Å²) >= 11 is 0. The van der Waals surface area contributed by atoms with Gasteiger partial charge in [0.2, 0.25) is 11.8 Å². The van der Waals surface area contributed by atoms with Crippen LogP contribution in [0.15, 0.2) is 12.2 Å². The fourth-order valence-corrected chi connectivity index (χ4v) is 3.63. The van der Waals surface area contributed by atoms with Crippen LogP contribution in [0, 0.1) is 29.6 Å². The number of hydrogen-bond donors (Lipinski definition) is 1. The highest BCUT2D eigenvalue weighted by molar-refractivity contribution is 6.06. The van der Waals surface area contributed by atoms with Gasteiger partial charge in [-0.1, -0.05) is 19.1 Å². The molecule has 1 N–H and O–H groups in total. The van der Waals surface area contributed by atoms with Gasteiger partial charge in [0.1, 0.15) is 0 Å². The monoisotopic (exact) mass is 263 g/mol. The summed E-state index contributed by atoms with van der Waals surface area (Å²) in [5.41, 5.74) is 0. The van der Waals surface area contributed by atoms with Crippen LogP contribution in [0.5, 0.6) is 0 Å². The molecule has 102 valence electrons. The Balaban J connectivity index is 1.70. The molecule has 0 aromatic rings. The standard InChI is InChI=1S/C14H17NO4/c1-7(14(18)19)4-5-15-12(16)10-8-2-3-9(6-8)11(10)13(15)17/h2-3,7-11H,4-6H2,1H3,(H,18,19). The van der Waals surface area contributed by atoms with Crippen LogP contribution in [0.25, 0.3) is 0 Å². The highest BCUT2D eigenvalue weighted by Gasteiger charge is 2.58. The molecule has 2 fully saturated rings. The summed E-state index contributed by atoms with van der Waals surface area (Å²) in [4.78, 5) is 36.7. The lowest BCUT2D eigenvalue weighted by molar-refractivity contribution is -0.145. The minimum atomic E-state index is -0.888. The van der Waals surface area contributed by atoms with Crippen molar-refractivity contribution in [2.24, 2.45) is 29.6 Å². The highest BCUT2D eigenvalue weighted by Crippen LogP contribution is 2.52. The molecule has 1 aliphatic heterocycles. The van der Waals surface area contributed by atoms with Crippen molar-refractivity contribution in [3.05, 3.63) is 12.2 Å². The predicted octanol–water partition coefficient (Wildman–Crippen LogP) is 0.904. The Hall–Kier alpha value is -1.65. The number of hydrogen-bond acceptors (Lipinski definition) is 3. The third kappa shape index (κ3) is 1.71. The average Bonchev–Trinajstić information content (AvgIpc) is 3.02. The number of nitrogens with zero attached hydrogens (tertiary/aromatic N) is 1. The summed E-state index contributed by atoms with van der Waals surface area (Å²) in [6, 6.07) is 0. The highest BCUT2D eigenvalue weighted by atomic mass is 16.4. The first-order valence-corrected chi connectivity index (χ1v) is 6.77. The van der Waals surface area contributed by atoms with Gasteiger partial charge < -0.3 is 5.11 Å². The van der Waals surface area contributed by atoms with Crippen LogP contribution in [0.4, 0.5) is 0 Å². The molecule has 19 heavy (non-hydrogen) atoms. The van der Waals surface area contributed by atoms with Crippen molar-refractivity contribution in [1.82, 2.24) is 4.90 Å². The number of carbonyl (C=O) groups excluding carboxylic acids is 2. The maximum atomic E-state index is 12.3. The van der Waals surface area contributed by atoms with Gasteiger partial charge in [-0.05, 0) is 24.7 Å². The third-order valence-corrected chi connectivity index (χ3v) is 4.77. The van der Waals surface area contributed by atoms with E-state index in [1.807, 2.05) is 0 Å². The van der Waals surface area contributed by atoms with E-state index in [1.54, 1.807) is 6.92 Å². The number of amides is 2. The van der Waals surface area contributed by atoms with Crippen molar-refractivity contribution in [2.45, 2.75) is 19.8 Å². The zero-order valence-electron chi connectivity index (χ0n) is 10.8. The lowest BCUT2D eigenvalue weighted by atomic mass is 9.85. The molecular formula is C14H17NO4. The molecule has 3 rings (SSSR count). The van der Waals surface area contributed by atoms with E-state index < -0.39 is 11.9 Å². The summed E-state index contributed by atoms with van der Waals surface area (Å²) < 4.78 is 0. The van der Waals surface area contributed by atoms with Crippen LogP contribution in [0.3, 0.4) is 0 Å². The Bertz CT molecular complexity index is 454. The zero-order chi connectivity index (χ0) is 13.7. The van der Waals surface area contributed by atoms with Gasteiger partial charge >= 0.3 is 5.97 Å². The second-order valence-electron chi connectivity index (χ2n) is 5.86. The molecule has 2 bridgehead atoms. The molecule has 0 aromatic carbocycles. The van der Waals surface area contributed by atoms with Gasteiger partial charge in [-0.2, -0.15) is 0 Å². The molecular weight excluding hydrogens is 246 g/mol. The minimum absolute atomic E-state index is 0.0931. The van der Waals surface area contributed by atoms with Gasteiger partial charge in [0.15, 0.2) is 0 Å². The van der Waals surface area contributed by atoms with Gasteiger partial charge in [-0.25, -0.2) is 0 Å². The molecule has 5 heteroatoms. The number of likely N-dealkylation sites (tertiary alicyclic amines) is 1. The second-order valence-corrected chi connectivity index (χ2v) is 5.86. The van der Waals surface area contributed by atoms with Crippen molar-refractivity contribution in [2.75, 3.05) is 6.54 Å². The van der Waals surface area contributed by atoms with E-state index in [2.05, 4.69) is 12.2 Å². The number of carbonyl (C=O) groups is 3. The SMILES string of the molecule is CC(CCN1C(=O)C2C3C=CC(C3)C2C1=O)C(=O)O. The Morgan fingerprint density at radius 2 is 1.84 bits per heavy atom. The molecule has 5 atom stereocenters. The third-order valence-electron chi connectivity index (χ3n) is 4.77. The van der Waals surface area contributed by atoms with E-state index in [0.29, 0.717) is 6.42 Å². The molecule has 3 aliphatic rings. The molecule has 5 unspecified atom stereocenters. The van der Waals surface area contributed by atoms with E-state index in [-0.39, 0.29) is 42.0 Å². The van der Waals surface area contributed by atoms with Crippen molar-refractivity contribution in [1.29, 1.82) is 0 Å². The fourth-order valence-electron chi connectivity index (χ4n) is 3.63.